The number of nitrogens with one attached hydrogen (secondary N) is 1. The van der Waals surface area contributed by atoms with Crippen molar-refractivity contribution in [1.29, 1.82) is 0 Å². The van der Waals surface area contributed by atoms with E-state index in [9.17, 15) is 14.4 Å². The van der Waals surface area contributed by atoms with E-state index in [0.717, 1.165) is 38.5 Å². The van der Waals surface area contributed by atoms with Crippen LogP contribution in [0.1, 0.15) is 96.0 Å². The van der Waals surface area contributed by atoms with Crippen LogP contribution in [0.4, 0.5) is 0 Å². The maximum atomic E-state index is 13.3. The number of hydrogen-bond donors (Lipinski definition) is 1. The van der Waals surface area contributed by atoms with Crippen LogP contribution in [0.25, 0.3) is 0 Å². The summed E-state index contributed by atoms with van der Waals surface area (Å²) in [6, 6.07) is 0.669. The zero-order chi connectivity index (χ0) is 28.4. The highest BCUT2D eigenvalue weighted by molar-refractivity contribution is 5.98. The predicted molar refractivity (Wildman–Crippen MR) is 143 cm³/mol. The number of methoxy groups -OCH3 is 1. The van der Waals surface area contributed by atoms with Crippen molar-refractivity contribution in [2.24, 2.45) is 11.8 Å². The lowest BCUT2D eigenvalue weighted by Crippen LogP contribution is -2.45. The molecule has 0 radical (unpaired) electrons. The minimum Gasteiger partial charge on any atom is -0.493 e. The Kier molecular flexibility index (Phi) is 11.8. The summed E-state index contributed by atoms with van der Waals surface area (Å²) in [6.07, 6.45) is 9.55. The first-order valence-corrected chi connectivity index (χ1v) is 14.2. The first kappa shape index (κ1) is 30.7. The van der Waals surface area contributed by atoms with Crippen molar-refractivity contribution in [2.75, 3.05) is 13.9 Å². The van der Waals surface area contributed by atoms with Crippen LogP contribution in [-0.4, -0.2) is 61.1 Å². The Hall–Kier alpha value is -2.88. The molecule has 1 aliphatic carbocycles. The van der Waals surface area contributed by atoms with E-state index in [1.807, 2.05) is 6.92 Å². The molecule has 0 spiro atoms. The van der Waals surface area contributed by atoms with Crippen LogP contribution in [0.3, 0.4) is 0 Å². The van der Waals surface area contributed by atoms with Crippen molar-refractivity contribution in [2.45, 2.75) is 110 Å². The number of amides is 1. The monoisotopic (exact) mass is 548 g/mol. The molecule has 0 bridgehead atoms. The first-order chi connectivity index (χ1) is 18.7. The van der Waals surface area contributed by atoms with Gasteiger partial charge in [0.1, 0.15) is 12.1 Å². The maximum Gasteiger partial charge on any atom is 0.329 e. The standard InChI is InChI=1S/C29H44N2O8/c1-18(2)13-14-21-9-8-12-23(29(34)38-19(3)26(21)39-22-10-6-7-11-22)31-28(33)25-27(37-17-36-20(4)32)24(35-5)15-16-30-25/h15-16,18-19,21-23,26H,6-14,17H2,1-5H3,(H,31,33)/t19-,21+,23-,26-/m0/s1. The lowest BCUT2D eigenvalue weighted by atomic mass is 9.86. The normalized spacial score (nSPS) is 24.3. The molecule has 0 aromatic carbocycles. The van der Waals surface area contributed by atoms with Gasteiger partial charge in [-0.1, -0.05) is 39.5 Å². The summed E-state index contributed by atoms with van der Waals surface area (Å²) >= 11 is 0. The Balaban J connectivity index is 1.75. The number of aromatic nitrogens is 1. The Bertz CT molecular complexity index is 963. The number of rotatable bonds is 11. The molecule has 1 aliphatic heterocycles. The van der Waals surface area contributed by atoms with E-state index in [4.69, 9.17) is 23.7 Å². The molecule has 10 heteroatoms. The molecule has 0 unspecified atom stereocenters. The van der Waals surface area contributed by atoms with Gasteiger partial charge in [0.2, 0.25) is 6.79 Å². The lowest BCUT2D eigenvalue weighted by molar-refractivity contribution is -0.165. The number of carbonyl (C=O) groups is 3. The van der Waals surface area contributed by atoms with Gasteiger partial charge in [-0.3, -0.25) is 9.59 Å². The molecule has 2 heterocycles. The van der Waals surface area contributed by atoms with Crippen molar-refractivity contribution in [3.05, 3.63) is 18.0 Å². The second kappa shape index (κ2) is 15.1. The first-order valence-electron chi connectivity index (χ1n) is 14.2. The summed E-state index contributed by atoms with van der Waals surface area (Å²) in [4.78, 5) is 41.9. The van der Waals surface area contributed by atoms with E-state index in [1.165, 1.54) is 39.1 Å². The summed E-state index contributed by atoms with van der Waals surface area (Å²) in [6.45, 7) is 7.16. The average Bonchev–Trinajstić information content (AvgIpc) is 3.42. The van der Waals surface area contributed by atoms with Gasteiger partial charge in [0.15, 0.2) is 17.2 Å². The SMILES string of the molecule is COc1ccnc(C(=O)N[C@H]2CCC[C@H](CCC(C)C)[C@@H](OC3CCCC3)[C@H](C)OC2=O)c1OCOC(C)=O. The third-order valence-corrected chi connectivity index (χ3v) is 7.42. The summed E-state index contributed by atoms with van der Waals surface area (Å²) in [7, 11) is 1.42. The van der Waals surface area contributed by atoms with E-state index in [0.29, 0.717) is 12.3 Å². The summed E-state index contributed by atoms with van der Waals surface area (Å²) in [5.41, 5.74) is -0.0838. The number of nitrogens with zero attached hydrogens (tertiary/aromatic N) is 1. The van der Waals surface area contributed by atoms with Crippen molar-refractivity contribution < 1.29 is 38.1 Å². The molecule has 1 aromatic heterocycles. The third-order valence-electron chi connectivity index (χ3n) is 7.42. The molecule has 4 atom stereocenters. The number of cyclic esters (lactones) is 1. The molecule has 1 saturated heterocycles. The van der Waals surface area contributed by atoms with Crippen molar-refractivity contribution in [3.63, 3.8) is 0 Å². The van der Waals surface area contributed by atoms with Crippen molar-refractivity contribution in [1.82, 2.24) is 10.3 Å². The van der Waals surface area contributed by atoms with Gasteiger partial charge >= 0.3 is 11.9 Å². The van der Waals surface area contributed by atoms with Gasteiger partial charge < -0.3 is 29.0 Å². The number of ether oxygens (including phenoxy) is 5. The second-order valence-corrected chi connectivity index (χ2v) is 10.9. The predicted octanol–water partition coefficient (Wildman–Crippen LogP) is 4.58. The van der Waals surface area contributed by atoms with E-state index < -0.39 is 36.8 Å². The molecule has 10 nitrogen and oxygen atoms in total. The highest BCUT2D eigenvalue weighted by Crippen LogP contribution is 2.33. The summed E-state index contributed by atoms with van der Waals surface area (Å²) in [5, 5.41) is 2.78. The van der Waals surface area contributed by atoms with Gasteiger partial charge in [-0.05, 0) is 50.9 Å². The summed E-state index contributed by atoms with van der Waals surface area (Å²) in [5.74, 6) is -0.543. The van der Waals surface area contributed by atoms with Crippen molar-refractivity contribution in [3.8, 4) is 11.5 Å². The highest BCUT2D eigenvalue weighted by Gasteiger charge is 2.37. The maximum absolute atomic E-state index is 13.3. The van der Waals surface area contributed by atoms with Crippen LogP contribution in [0.15, 0.2) is 12.3 Å². The van der Waals surface area contributed by atoms with Gasteiger partial charge in [0, 0.05) is 19.2 Å². The molecular weight excluding hydrogens is 504 g/mol. The topological polar surface area (TPSA) is 122 Å². The average molecular weight is 549 g/mol. The lowest BCUT2D eigenvalue weighted by Gasteiger charge is -2.33. The van der Waals surface area contributed by atoms with E-state index >= 15 is 0 Å². The summed E-state index contributed by atoms with van der Waals surface area (Å²) < 4.78 is 28.2. The van der Waals surface area contributed by atoms with E-state index in [2.05, 4.69) is 24.1 Å². The molecule has 39 heavy (non-hydrogen) atoms. The number of hydrogen-bond acceptors (Lipinski definition) is 9. The van der Waals surface area contributed by atoms with E-state index in [-0.39, 0.29) is 35.3 Å². The Morgan fingerprint density at radius 2 is 1.90 bits per heavy atom. The third kappa shape index (κ3) is 9.08. The fraction of sp³-hybridized carbons (Fsp3) is 0.724. The van der Waals surface area contributed by atoms with Gasteiger partial charge in [0.05, 0.1) is 19.3 Å². The highest BCUT2D eigenvalue weighted by atomic mass is 16.7. The van der Waals surface area contributed by atoms with Gasteiger partial charge in [-0.25, -0.2) is 9.78 Å². The van der Waals surface area contributed by atoms with Gasteiger partial charge in [-0.2, -0.15) is 0 Å². The molecule has 2 aliphatic rings. The zero-order valence-electron chi connectivity index (χ0n) is 23.9. The smallest absolute Gasteiger partial charge is 0.329 e. The molecular formula is C29H44N2O8. The second-order valence-electron chi connectivity index (χ2n) is 10.9. The molecule has 1 aromatic rings. The van der Waals surface area contributed by atoms with Crippen molar-refractivity contribution >= 4 is 17.8 Å². The van der Waals surface area contributed by atoms with Crippen LogP contribution in [0.2, 0.25) is 0 Å². The Morgan fingerprint density at radius 3 is 2.56 bits per heavy atom. The van der Waals surface area contributed by atoms with Crippen LogP contribution in [0.5, 0.6) is 11.5 Å². The molecule has 218 valence electrons. The largest absolute Gasteiger partial charge is 0.493 e. The quantitative estimate of drug-likeness (QED) is 0.313. The molecule has 1 N–H and O–H groups in total. The minimum absolute atomic E-state index is 0.0160. The number of pyridine rings is 1. The van der Waals surface area contributed by atoms with Gasteiger partial charge in [-0.15, -0.1) is 0 Å². The van der Waals surface area contributed by atoms with Crippen LogP contribution in [-0.2, 0) is 23.8 Å². The molecule has 1 amide bonds. The molecule has 1 saturated carbocycles. The number of carbonyl (C=O) groups excluding carboxylic acids is 3. The fourth-order valence-corrected chi connectivity index (χ4v) is 5.33. The fourth-order valence-electron chi connectivity index (χ4n) is 5.33. The van der Waals surface area contributed by atoms with Crippen LogP contribution >= 0.6 is 0 Å². The van der Waals surface area contributed by atoms with Crippen LogP contribution < -0.4 is 14.8 Å². The van der Waals surface area contributed by atoms with Gasteiger partial charge in [0.25, 0.3) is 5.91 Å². The minimum atomic E-state index is -0.856. The Labute approximate surface area is 231 Å². The van der Waals surface area contributed by atoms with Crippen LogP contribution in [0, 0.1) is 11.8 Å². The molecule has 3 rings (SSSR count). The van der Waals surface area contributed by atoms with E-state index in [1.54, 1.807) is 0 Å². The molecule has 2 fully saturated rings. The number of esters is 2. The zero-order valence-corrected chi connectivity index (χ0v) is 23.9. The Morgan fingerprint density at radius 1 is 1.15 bits per heavy atom.